The highest BCUT2D eigenvalue weighted by Crippen LogP contribution is 2.49. The van der Waals surface area contributed by atoms with E-state index >= 15 is 0 Å². The molecule has 0 radical (unpaired) electrons. The fraction of sp³-hybridized carbons (Fsp3) is 0.571. The first-order chi connectivity index (χ1) is 10.6. The van der Waals surface area contributed by atoms with Gasteiger partial charge in [-0.25, -0.2) is 9.78 Å². The topological polar surface area (TPSA) is 113 Å². The Balaban J connectivity index is 1.64. The molecule has 8 nitrogen and oxygen atoms in total. The van der Waals surface area contributed by atoms with Gasteiger partial charge in [-0.15, -0.1) is 0 Å². The molecule has 22 heavy (non-hydrogen) atoms. The molecule has 2 amide bonds. The maximum atomic E-state index is 12.6. The second-order valence-corrected chi connectivity index (χ2v) is 6.02. The lowest BCUT2D eigenvalue weighted by Gasteiger charge is -2.24. The van der Waals surface area contributed by atoms with E-state index in [-0.39, 0.29) is 18.6 Å². The van der Waals surface area contributed by atoms with Crippen LogP contribution in [0.2, 0.25) is 0 Å². The van der Waals surface area contributed by atoms with Gasteiger partial charge < -0.3 is 14.8 Å². The van der Waals surface area contributed by atoms with E-state index < -0.39 is 35.7 Å². The van der Waals surface area contributed by atoms with Crippen molar-refractivity contribution in [1.82, 2.24) is 14.9 Å². The lowest BCUT2D eigenvalue weighted by Crippen LogP contribution is -2.48. The minimum absolute atomic E-state index is 0.0302. The summed E-state index contributed by atoms with van der Waals surface area (Å²) in [7, 11) is 0. The molecular formula is C14H15N3O5. The number of hydrogen-bond donors (Lipinski definition) is 2. The summed E-state index contributed by atoms with van der Waals surface area (Å²) in [5, 5.41) is 9.47. The zero-order valence-electron chi connectivity index (χ0n) is 11.6. The molecule has 4 heterocycles. The minimum atomic E-state index is -1.20. The first-order valence-electron chi connectivity index (χ1n) is 7.30. The largest absolute Gasteiger partial charge is 0.480 e. The Morgan fingerprint density at radius 2 is 2.00 bits per heavy atom. The Hall–Kier alpha value is -2.22. The van der Waals surface area contributed by atoms with Crippen LogP contribution in [0.5, 0.6) is 0 Å². The monoisotopic (exact) mass is 305 g/mol. The van der Waals surface area contributed by atoms with Gasteiger partial charge in [0, 0.05) is 18.3 Å². The Morgan fingerprint density at radius 3 is 2.50 bits per heavy atom. The van der Waals surface area contributed by atoms with Gasteiger partial charge in [-0.05, 0) is 12.8 Å². The van der Waals surface area contributed by atoms with Crippen LogP contribution in [0.4, 0.5) is 0 Å². The summed E-state index contributed by atoms with van der Waals surface area (Å²) >= 11 is 0. The first-order valence-corrected chi connectivity index (χ1v) is 7.30. The number of nitrogens with one attached hydrogen (secondary N) is 1. The Kier molecular flexibility index (Phi) is 2.83. The number of carbonyl (C=O) groups excluding carboxylic acids is 2. The van der Waals surface area contributed by atoms with Crippen molar-refractivity contribution in [2.75, 3.05) is 0 Å². The van der Waals surface area contributed by atoms with E-state index in [2.05, 4.69) is 9.97 Å². The van der Waals surface area contributed by atoms with E-state index in [1.807, 2.05) is 0 Å². The van der Waals surface area contributed by atoms with Crippen molar-refractivity contribution in [2.24, 2.45) is 11.8 Å². The summed E-state index contributed by atoms with van der Waals surface area (Å²) in [5.74, 6) is -3.02. The highest BCUT2D eigenvalue weighted by molar-refractivity contribution is 6.08. The predicted octanol–water partition coefficient (Wildman–Crippen LogP) is -0.432. The lowest BCUT2D eigenvalue weighted by molar-refractivity contribution is -0.156. The number of aliphatic carboxylic acids is 1. The number of amides is 2. The van der Waals surface area contributed by atoms with Gasteiger partial charge in [0.2, 0.25) is 11.8 Å². The summed E-state index contributed by atoms with van der Waals surface area (Å²) in [6.07, 6.45) is 4.01. The number of aromatic nitrogens is 2. The third-order valence-electron chi connectivity index (χ3n) is 4.88. The molecule has 116 valence electrons. The lowest BCUT2D eigenvalue weighted by atomic mass is 9.81. The van der Waals surface area contributed by atoms with Gasteiger partial charge in [-0.2, -0.15) is 0 Å². The highest BCUT2D eigenvalue weighted by Gasteiger charge is 2.63. The quantitative estimate of drug-likeness (QED) is 0.730. The number of H-pyrrole nitrogens is 1. The molecule has 3 saturated heterocycles. The van der Waals surface area contributed by atoms with Crippen LogP contribution in [-0.4, -0.2) is 56.0 Å². The van der Waals surface area contributed by atoms with Crippen LogP contribution < -0.4 is 0 Å². The number of nitrogens with zero attached hydrogens (tertiary/aromatic N) is 2. The van der Waals surface area contributed by atoms with Crippen molar-refractivity contribution >= 4 is 17.8 Å². The van der Waals surface area contributed by atoms with E-state index in [4.69, 9.17) is 4.74 Å². The number of aromatic amines is 1. The number of fused-ring (bicyclic) bond motifs is 5. The predicted molar refractivity (Wildman–Crippen MR) is 70.4 cm³/mol. The van der Waals surface area contributed by atoms with Crippen LogP contribution in [0.1, 0.15) is 18.5 Å². The molecule has 1 aromatic rings. The van der Waals surface area contributed by atoms with Crippen LogP contribution in [0.15, 0.2) is 12.5 Å². The van der Waals surface area contributed by atoms with Crippen LogP contribution in [-0.2, 0) is 25.5 Å². The molecule has 4 rings (SSSR count). The molecule has 8 heteroatoms. The minimum Gasteiger partial charge on any atom is -0.480 e. The molecule has 4 unspecified atom stereocenters. The fourth-order valence-electron chi connectivity index (χ4n) is 3.94. The van der Waals surface area contributed by atoms with Crippen LogP contribution >= 0.6 is 0 Å². The molecule has 0 aliphatic carbocycles. The van der Waals surface area contributed by atoms with Gasteiger partial charge >= 0.3 is 5.97 Å². The molecule has 0 spiro atoms. The molecular weight excluding hydrogens is 290 g/mol. The number of carboxylic acids is 1. The van der Waals surface area contributed by atoms with Crippen molar-refractivity contribution in [2.45, 2.75) is 37.5 Å². The Bertz CT molecular complexity index is 615. The highest BCUT2D eigenvalue weighted by atomic mass is 16.5. The average Bonchev–Trinajstić information content (AvgIpc) is 3.23. The van der Waals surface area contributed by atoms with Crippen molar-refractivity contribution in [3.63, 3.8) is 0 Å². The SMILES string of the molecule is O=C(O)C(Cc1cnc[nH]1)N1C(=O)C2C3CC[C@H](O3)C2C1=O. The summed E-state index contributed by atoms with van der Waals surface area (Å²) in [6, 6.07) is -1.20. The molecule has 0 saturated carbocycles. The van der Waals surface area contributed by atoms with Gasteiger partial charge in [0.25, 0.3) is 0 Å². The number of hydrogen-bond acceptors (Lipinski definition) is 5. The zero-order chi connectivity index (χ0) is 15.4. The van der Waals surface area contributed by atoms with E-state index in [0.29, 0.717) is 5.69 Å². The molecule has 3 fully saturated rings. The van der Waals surface area contributed by atoms with Crippen molar-refractivity contribution < 1.29 is 24.2 Å². The van der Waals surface area contributed by atoms with Crippen LogP contribution in [0, 0.1) is 11.8 Å². The average molecular weight is 305 g/mol. The van der Waals surface area contributed by atoms with E-state index in [1.54, 1.807) is 0 Å². The van der Waals surface area contributed by atoms with Gasteiger partial charge in [-0.1, -0.05) is 0 Å². The third kappa shape index (κ3) is 1.73. The molecule has 3 aliphatic rings. The summed E-state index contributed by atoms with van der Waals surface area (Å²) in [5.41, 5.74) is 0.573. The summed E-state index contributed by atoms with van der Waals surface area (Å²) in [4.78, 5) is 44.4. The Labute approximate surface area is 125 Å². The zero-order valence-corrected chi connectivity index (χ0v) is 11.6. The molecule has 5 atom stereocenters. The number of carboxylic acid groups (broad SMARTS) is 1. The third-order valence-corrected chi connectivity index (χ3v) is 4.88. The molecule has 1 aromatic heterocycles. The second kappa shape index (κ2) is 4.64. The standard InChI is InChI=1S/C14H15N3O5/c18-12-10-8-1-2-9(22-8)11(10)13(19)17(12)7(14(20)21)3-6-4-15-5-16-6/h4-5,7-11H,1-3H2,(H,15,16)(H,20,21)/t7?,8-,9?,10?,11?/m0/s1. The number of imide groups is 1. The summed E-state index contributed by atoms with van der Waals surface area (Å²) in [6.45, 7) is 0. The molecule has 3 aliphatic heterocycles. The van der Waals surface area contributed by atoms with Crippen molar-refractivity contribution in [3.05, 3.63) is 18.2 Å². The number of imidazole rings is 1. The number of rotatable bonds is 4. The van der Waals surface area contributed by atoms with Gasteiger partial charge in [0.1, 0.15) is 6.04 Å². The molecule has 2 bridgehead atoms. The number of carbonyl (C=O) groups is 3. The van der Waals surface area contributed by atoms with E-state index in [1.165, 1.54) is 12.5 Å². The summed E-state index contributed by atoms with van der Waals surface area (Å²) < 4.78 is 5.64. The fourth-order valence-corrected chi connectivity index (χ4v) is 3.94. The maximum Gasteiger partial charge on any atom is 0.327 e. The second-order valence-electron chi connectivity index (χ2n) is 6.02. The molecule has 2 N–H and O–H groups in total. The number of ether oxygens (including phenoxy) is 1. The van der Waals surface area contributed by atoms with Crippen molar-refractivity contribution in [3.8, 4) is 0 Å². The van der Waals surface area contributed by atoms with Crippen molar-refractivity contribution in [1.29, 1.82) is 0 Å². The van der Waals surface area contributed by atoms with Gasteiger partial charge in [-0.3, -0.25) is 14.5 Å². The van der Waals surface area contributed by atoms with E-state index in [9.17, 15) is 19.5 Å². The first kappa shape index (κ1) is 13.4. The van der Waals surface area contributed by atoms with E-state index in [0.717, 1.165) is 17.7 Å². The van der Waals surface area contributed by atoms with Gasteiger partial charge in [0.05, 0.1) is 30.4 Å². The molecule has 0 aromatic carbocycles. The number of likely N-dealkylation sites (tertiary alicyclic amines) is 1. The smallest absolute Gasteiger partial charge is 0.327 e. The van der Waals surface area contributed by atoms with Crippen LogP contribution in [0.3, 0.4) is 0 Å². The van der Waals surface area contributed by atoms with Crippen LogP contribution in [0.25, 0.3) is 0 Å². The maximum absolute atomic E-state index is 12.6. The Morgan fingerprint density at radius 1 is 1.36 bits per heavy atom. The van der Waals surface area contributed by atoms with Gasteiger partial charge in [0.15, 0.2) is 0 Å². The normalized spacial score (nSPS) is 34.3.